The molecule has 1 unspecified atom stereocenters. The fraction of sp³-hybridized carbons (Fsp3) is 0. The molecule has 6 heavy (non-hydrogen) atoms. The van der Waals surface area contributed by atoms with E-state index in [0.29, 0.717) is 0 Å². The van der Waals surface area contributed by atoms with Crippen molar-refractivity contribution in [1.82, 2.24) is 0 Å². The van der Waals surface area contributed by atoms with Gasteiger partial charge in [-0.25, -0.2) is 14.4 Å². The third kappa shape index (κ3) is 8.82. The fourth-order valence-electron chi connectivity index (χ4n) is 0. The minimum Gasteiger partial charge on any atom is -0.748 e. The van der Waals surface area contributed by atoms with Gasteiger partial charge in [-0.3, -0.25) is 0 Å². The SMILES string of the molecule is NOS(=O)[O-].[Co]. The molecule has 41 valence electrons. The molecule has 0 aromatic heterocycles. The topological polar surface area (TPSA) is 75.4 Å². The molecule has 4 nitrogen and oxygen atoms in total. The van der Waals surface area contributed by atoms with E-state index < -0.39 is 11.4 Å². The zero-order valence-electron chi connectivity index (χ0n) is 2.54. The molecule has 0 aromatic carbocycles. The Balaban J connectivity index is 0. The average Bonchev–Trinajstić information content (AvgIpc) is 1.38. The van der Waals surface area contributed by atoms with Crippen molar-refractivity contribution in [3.05, 3.63) is 0 Å². The van der Waals surface area contributed by atoms with Gasteiger partial charge in [0.1, 0.15) is 11.4 Å². The van der Waals surface area contributed by atoms with E-state index in [0.717, 1.165) is 0 Å². The smallest absolute Gasteiger partial charge is 0.105 e. The van der Waals surface area contributed by atoms with Crippen LogP contribution in [-0.2, 0) is 32.4 Å². The summed E-state index contributed by atoms with van der Waals surface area (Å²) in [5, 5.41) is 0. The molecule has 0 aliphatic rings. The summed E-state index contributed by atoms with van der Waals surface area (Å²) in [4.78, 5) is 0. The van der Waals surface area contributed by atoms with Crippen molar-refractivity contribution < 1.29 is 29.8 Å². The maximum Gasteiger partial charge on any atom is 0.105 e. The molecule has 0 spiro atoms. The number of rotatable bonds is 1. The predicted molar refractivity (Wildman–Crippen MR) is 14.2 cm³/mol. The van der Waals surface area contributed by atoms with Crippen molar-refractivity contribution in [2.24, 2.45) is 5.90 Å². The molecule has 0 saturated carbocycles. The average molecular weight is 155 g/mol. The largest absolute Gasteiger partial charge is 0.748 e. The van der Waals surface area contributed by atoms with Gasteiger partial charge in [0, 0.05) is 16.8 Å². The molecule has 6 heteroatoms. The van der Waals surface area contributed by atoms with Crippen LogP contribution in [0.5, 0.6) is 0 Å². The first-order valence-electron chi connectivity index (χ1n) is 0.736. The van der Waals surface area contributed by atoms with Crippen LogP contribution in [0.4, 0.5) is 0 Å². The minimum atomic E-state index is -2.54. The zero-order valence-corrected chi connectivity index (χ0v) is 4.40. The molecule has 0 heterocycles. The predicted octanol–water partition coefficient (Wildman–Crippen LogP) is -1.33. The van der Waals surface area contributed by atoms with E-state index in [-0.39, 0.29) is 16.8 Å². The monoisotopic (exact) mass is 155 g/mol. The van der Waals surface area contributed by atoms with Crippen LogP contribution in [0.1, 0.15) is 0 Å². The van der Waals surface area contributed by atoms with Gasteiger partial charge in [-0.15, -0.1) is 0 Å². The van der Waals surface area contributed by atoms with Gasteiger partial charge in [-0.05, 0) is 0 Å². The van der Waals surface area contributed by atoms with E-state index in [4.69, 9.17) is 8.76 Å². The van der Waals surface area contributed by atoms with Gasteiger partial charge in [-0.1, -0.05) is 0 Å². The fourth-order valence-corrected chi connectivity index (χ4v) is 0. The summed E-state index contributed by atoms with van der Waals surface area (Å²) < 4.78 is 21.2. The summed E-state index contributed by atoms with van der Waals surface area (Å²) in [6.45, 7) is 0. The zero-order chi connectivity index (χ0) is 4.28. The van der Waals surface area contributed by atoms with Crippen molar-refractivity contribution >= 4 is 11.4 Å². The molecule has 0 aliphatic heterocycles. The number of hydrogen-bond acceptors (Lipinski definition) is 4. The van der Waals surface area contributed by atoms with Crippen LogP contribution in [0.25, 0.3) is 0 Å². The Hall–Kier alpha value is 0.536. The van der Waals surface area contributed by atoms with Crippen molar-refractivity contribution in [2.45, 2.75) is 0 Å². The Labute approximate surface area is 47.7 Å². The number of nitrogens with two attached hydrogens (primary N) is 1. The molecule has 1 atom stereocenters. The summed E-state index contributed by atoms with van der Waals surface area (Å²) in [6, 6.07) is 0. The first-order valence-corrected chi connectivity index (χ1v) is 1.74. The number of hydrogen-bond donors (Lipinski definition) is 1. The van der Waals surface area contributed by atoms with Crippen molar-refractivity contribution in [2.75, 3.05) is 0 Å². The van der Waals surface area contributed by atoms with Gasteiger partial charge < -0.3 is 4.55 Å². The van der Waals surface area contributed by atoms with E-state index in [2.05, 4.69) is 10.2 Å². The second kappa shape index (κ2) is 5.54. The van der Waals surface area contributed by atoms with Crippen LogP contribution < -0.4 is 5.90 Å². The summed E-state index contributed by atoms with van der Waals surface area (Å²) >= 11 is -2.54. The molecule has 0 saturated heterocycles. The minimum absolute atomic E-state index is 0. The van der Waals surface area contributed by atoms with Crippen molar-refractivity contribution in [3.63, 3.8) is 0 Å². The first kappa shape index (κ1) is 9.74. The van der Waals surface area contributed by atoms with E-state index in [1.54, 1.807) is 0 Å². The van der Waals surface area contributed by atoms with Gasteiger partial charge >= 0.3 is 0 Å². The standard InChI is InChI=1S/Co.H3NO3S/c;1-4-5(2)3/h;1H2,(H,2,3)/p-1. The Bertz CT molecular complexity index is 46.1. The first-order chi connectivity index (χ1) is 2.27. The van der Waals surface area contributed by atoms with Gasteiger partial charge in [0.15, 0.2) is 0 Å². The van der Waals surface area contributed by atoms with Crippen LogP contribution in [-0.4, -0.2) is 8.76 Å². The quantitative estimate of drug-likeness (QED) is 0.376. The van der Waals surface area contributed by atoms with Gasteiger partial charge in [0.05, 0.1) is 0 Å². The third-order valence-electron chi connectivity index (χ3n) is 0.0786. The van der Waals surface area contributed by atoms with Crippen LogP contribution in [0.3, 0.4) is 0 Å². The van der Waals surface area contributed by atoms with E-state index in [1.165, 1.54) is 0 Å². The van der Waals surface area contributed by atoms with E-state index in [1.807, 2.05) is 0 Å². The second-order valence-corrected chi connectivity index (χ2v) is 0.901. The summed E-state index contributed by atoms with van der Waals surface area (Å²) in [5.41, 5.74) is 0. The molecular weight excluding hydrogens is 153 g/mol. The van der Waals surface area contributed by atoms with Gasteiger partial charge in [0.2, 0.25) is 0 Å². The molecule has 0 fully saturated rings. The maximum atomic E-state index is 9.02. The van der Waals surface area contributed by atoms with Crippen LogP contribution >= 0.6 is 0 Å². The Morgan fingerprint density at radius 3 is 2.00 bits per heavy atom. The van der Waals surface area contributed by atoms with E-state index in [9.17, 15) is 0 Å². The van der Waals surface area contributed by atoms with Crippen LogP contribution in [0.2, 0.25) is 0 Å². The Morgan fingerprint density at radius 1 is 1.83 bits per heavy atom. The summed E-state index contributed by atoms with van der Waals surface area (Å²) in [7, 11) is 0. The molecule has 0 aliphatic carbocycles. The van der Waals surface area contributed by atoms with Crippen molar-refractivity contribution in [1.29, 1.82) is 0 Å². The molecule has 2 N–H and O–H groups in total. The maximum absolute atomic E-state index is 9.02. The molecule has 1 radical (unpaired) electrons. The van der Waals surface area contributed by atoms with Crippen LogP contribution in [0, 0.1) is 0 Å². The third-order valence-corrected chi connectivity index (χ3v) is 0.236. The molecule has 0 rings (SSSR count). The van der Waals surface area contributed by atoms with Gasteiger partial charge in [0.25, 0.3) is 0 Å². The van der Waals surface area contributed by atoms with E-state index >= 15 is 0 Å². The molecular formula is H2CoNO3S-. The van der Waals surface area contributed by atoms with Crippen molar-refractivity contribution in [3.8, 4) is 0 Å². The Morgan fingerprint density at radius 2 is 2.00 bits per heavy atom. The van der Waals surface area contributed by atoms with Gasteiger partial charge in [-0.2, -0.15) is 0 Å². The second-order valence-electron chi connectivity index (χ2n) is 0.300. The summed E-state index contributed by atoms with van der Waals surface area (Å²) in [5.74, 6) is 4.06. The normalized spacial score (nSPS) is 12.3. The molecule has 0 amide bonds. The molecule has 0 bridgehead atoms. The Kier molecular flexibility index (Phi) is 8.98. The van der Waals surface area contributed by atoms with Crippen LogP contribution in [0.15, 0.2) is 0 Å². The summed E-state index contributed by atoms with van der Waals surface area (Å²) in [6.07, 6.45) is 0. The molecule has 0 aromatic rings.